The van der Waals surface area contributed by atoms with E-state index in [0.717, 1.165) is 0 Å². The van der Waals surface area contributed by atoms with E-state index in [-0.39, 0.29) is 11.7 Å². The van der Waals surface area contributed by atoms with Crippen LogP contribution in [0.2, 0.25) is 0 Å². The van der Waals surface area contributed by atoms with Crippen LogP contribution in [0.5, 0.6) is 0 Å². The monoisotopic (exact) mass is 245 g/mol. The molecule has 7 heteroatoms. The van der Waals surface area contributed by atoms with Gasteiger partial charge in [0.25, 0.3) is 0 Å². The van der Waals surface area contributed by atoms with Crippen LogP contribution in [0.4, 0.5) is 5.82 Å². The van der Waals surface area contributed by atoms with Crippen LogP contribution < -0.4 is 5.73 Å². The van der Waals surface area contributed by atoms with Crippen molar-refractivity contribution in [2.75, 3.05) is 24.9 Å². The number of ether oxygens (including phenoxy) is 1. The lowest BCUT2D eigenvalue weighted by Crippen LogP contribution is -2.04. The summed E-state index contributed by atoms with van der Waals surface area (Å²) in [6.07, 6.45) is 1.86. The van der Waals surface area contributed by atoms with Crippen molar-refractivity contribution in [2.45, 2.75) is 10.2 Å². The fourth-order valence-corrected chi connectivity index (χ4v) is 1.96. The largest absolute Gasteiger partial charge is 0.468 e. The van der Waals surface area contributed by atoms with Crippen LogP contribution in [0, 0.1) is 0 Å². The minimum Gasteiger partial charge on any atom is -0.468 e. The van der Waals surface area contributed by atoms with Gasteiger partial charge < -0.3 is 10.5 Å². The van der Waals surface area contributed by atoms with Gasteiger partial charge in [0.15, 0.2) is 5.16 Å². The second-order valence-corrected chi connectivity index (χ2v) is 4.25. The Morgan fingerprint density at radius 2 is 2.33 bits per heavy atom. The first kappa shape index (κ1) is 12.1. The predicted molar refractivity (Wildman–Crippen MR) is 61.0 cm³/mol. The second kappa shape index (κ2) is 5.82. The highest BCUT2D eigenvalue weighted by atomic mass is 32.2. The molecule has 0 radical (unpaired) electrons. The number of nitrogens with two attached hydrogens (primary N) is 1. The third kappa shape index (κ3) is 3.96. The van der Waals surface area contributed by atoms with E-state index in [9.17, 15) is 4.79 Å². The molecule has 1 heterocycles. The molecule has 0 saturated heterocycles. The smallest absolute Gasteiger partial charge is 0.316 e. The fourth-order valence-electron chi connectivity index (χ4n) is 0.778. The molecule has 0 spiro atoms. The van der Waals surface area contributed by atoms with Crippen LogP contribution in [0.15, 0.2) is 16.2 Å². The Kier molecular flexibility index (Phi) is 4.70. The van der Waals surface area contributed by atoms with E-state index in [0.29, 0.717) is 16.0 Å². The average Bonchev–Trinajstić information content (AvgIpc) is 2.25. The third-order valence-electron chi connectivity index (χ3n) is 1.45. The van der Waals surface area contributed by atoms with Crippen LogP contribution in [0.1, 0.15) is 0 Å². The fraction of sp³-hybridized carbons (Fsp3) is 0.375. The molecule has 0 atom stereocenters. The number of carbonyl (C=O) groups excluding carboxylic acids is 1. The van der Waals surface area contributed by atoms with Crippen LogP contribution in [0.25, 0.3) is 0 Å². The highest BCUT2D eigenvalue weighted by Crippen LogP contribution is 2.20. The Balaban J connectivity index is 2.68. The van der Waals surface area contributed by atoms with Crippen molar-refractivity contribution in [1.29, 1.82) is 0 Å². The maximum Gasteiger partial charge on any atom is 0.316 e. The molecule has 1 rings (SSSR count). The Morgan fingerprint density at radius 1 is 1.60 bits per heavy atom. The molecule has 5 nitrogen and oxygen atoms in total. The van der Waals surface area contributed by atoms with Gasteiger partial charge in [0, 0.05) is 6.07 Å². The van der Waals surface area contributed by atoms with Crippen molar-refractivity contribution in [3.8, 4) is 0 Å². The van der Waals surface area contributed by atoms with E-state index in [1.54, 1.807) is 6.07 Å². The summed E-state index contributed by atoms with van der Waals surface area (Å²) >= 11 is 2.68. The van der Waals surface area contributed by atoms with Crippen LogP contribution in [-0.4, -0.2) is 35.1 Å². The molecule has 0 aromatic carbocycles. The first-order valence-electron chi connectivity index (χ1n) is 4.04. The molecule has 0 unspecified atom stereocenters. The van der Waals surface area contributed by atoms with Crippen molar-refractivity contribution in [2.24, 2.45) is 0 Å². The number of anilines is 1. The minimum absolute atomic E-state index is 0.223. The number of nitrogens with zero attached hydrogens (tertiary/aromatic N) is 2. The van der Waals surface area contributed by atoms with E-state index in [4.69, 9.17) is 5.73 Å². The number of hydrogen-bond donors (Lipinski definition) is 1. The number of esters is 1. The zero-order valence-corrected chi connectivity index (χ0v) is 10.0. The molecule has 82 valence electrons. The minimum atomic E-state index is -0.289. The topological polar surface area (TPSA) is 78.1 Å². The van der Waals surface area contributed by atoms with Crippen LogP contribution >= 0.6 is 23.5 Å². The molecule has 15 heavy (non-hydrogen) atoms. The highest BCUT2D eigenvalue weighted by Gasteiger charge is 2.06. The number of methoxy groups -OCH3 is 1. The number of rotatable bonds is 4. The average molecular weight is 245 g/mol. The second-order valence-electron chi connectivity index (χ2n) is 2.48. The number of thioether (sulfide) groups is 2. The molecule has 0 amide bonds. The molecule has 1 aromatic heterocycles. The van der Waals surface area contributed by atoms with Gasteiger partial charge >= 0.3 is 5.97 Å². The predicted octanol–water partition coefficient (Wildman–Crippen LogP) is 1.05. The van der Waals surface area contributed by atoms with Gasteiger partial charge in [-0.15, -0.1) is 0 Å². The third-order valence-corrected chi connectivity index (χ3v) is 2.88. The lowest BCUT2D eigenvalue weighted by atomic mass is 10.6. The molecular formula is C8H11N3O2S2. The molecule has 0 aliphatic heterocycles. The standard InChI is InChI=1S/C8H11N3O2S2/c1-13-7(12)4-15-6-3-5(9)10-8(11-6)14-2/h3H,4H2,1-2H3,(H2,9,10,11). The Bertz CT molecular complexity index is 360. The summed E-state index contributed by atoms with van der Waals surface area (Å²) in [5, 5.41) is 1.28. The Labute approximate surface area is 96.2 Å². The lowest BCUT2D eigenvalue weighted by molar-refractivity contribution is -0.137. The van der Waals surface area contributed by atoms with Crippen molar-refractivity contribution in [3.05, 3.63) is 6.07 Å². The summed E-state index contributed by atoms with van der Waals surface area (Å²) in [5.74, 6) is 0.338. The summed E-state index contributed by atoms with van der Waals surface area (Å²) in [7, 11) is 1.35. The zero-order valence-electron chi connectivity index (χ0n) is 8.39. The van der Waals surface area contributed by atoms with Crippen LogP contribution in [-0.2, 0) is 9.53 Å². The van der Waals surface area contributed by atoms with Crippen molar-refractivity contribution < 1.29 is 9.53 Å². The number of carbonyl (C=O) groups is 1. The molecule has 1 aromatic rings. The van der Waals surface area contributed by atoms with Crippen molar-refractivity contribution >= 4 is 35.3 Å². The van der Waals surface area contributed by atoms with Crippen LogP contribution in [0.3, 0.4) is 0 Å². The van der Waals surface area contributed by atoms with Crippen molar-refractivity contribution in [1.82, 2.24) is 9.97 Å². The lowest BCUT2D eigenvalue weighted by Gasteiger charge is -2.02. The van der Waals surface area contributed by atoms with E-state index < -0.39 is 0 Å². The summed E-state index contributed by atoms with van der Waals surface area (Å²) in [6, 6.07) is 1.63. The molecule has 0 aliphatic rings. The molecule has 2 N–H and O–H groups in total. The number of aromatic nitrogens is 2. The van der Waals surface area contributed by atoms with Gasteiger partial charge in [0.2, 0.25) is 0 Å². The maximum atomic E-state index is 10.9. The highest BCUT2D eigenvalue weighted by molar-refractivity contribution is 8.00. The Morgan fingerprint density at radius 3 is 2.93 bits per heavy atom. The van der Waals surface area contributed by atoms with Gasteiger partial charge in [-0.2, -0.15) is 0 Å². The summed E-state index contributed by atoms with van der Waals surface area (Å²) in [4.78, 5) is 19.1. The van der Waals surface area contributed by atoms with Crippen molar-refractivity contribution in [3.63, 3.8) is 0 Å². The Hall–Kier alpha value is -0.950. The van der Waals surface area contributed by atoms with E-state index >= 15 is 0 Å². The number of hydrogen-bond acceptors (Lipinski definition) is 7. The van der Waals surface area contributed by atoms with Gasteiger partial charge in [-0.05, 0) is 6.26 Å². The quantitative estimate of drug-likeness (QED) is 0.367. The molecule has 0 fully saturated rings. The van der Waals surface area contributed by atoms with Gasteiger partial charge in [0.05, 0.1) is 12.9 Å². The first-order chi connectivity index (χ1) is 7.15. The zero-order chi connectivity index (χ0) is 11.3. The number of nitrogen functional groups attached to an aromatic ring is 1. The maximum absolute atomic E-state index is 10.9. The van der Waals surface area contributed by atoms with Gasteiger partial charge in [-0.25, -0.2) is 9.97 Å². The summed E-state index contributed by atoms with van der Waals surface area (Å²) in [5.41, 5.74) is 5.58. The molecule has 0 aliphatic carbocycles. The van der Waals surface area contributed by atoms with E-state index in [1.165, 1.54) is 30.6 Å². The van der Waals surface area contributed by atoms with E-state index in [1.807, 2.05) is 6.26 Å². The summed E-state index contributed by atoms with van der Waals surface area (Å²) in [6.45, 7) is 0. The molecule has 0 saturated carbocycles. The SMILES string of the molecule is COC(=O)CSc1cc(N)nc(SC)n1. The first-order valence-corrected chi connectivity index (χ1v) is 6.25. The van der Waals surface area contributed by atoms with E-state index in [2.05, 4.69) is 14.7 Å². The van der Waals surface area contributed by atoms with Gasteiger partial charge in [-0.3, -0.25) is 4.79 Å². The normalized spacial score (nSPS) is 10.0. The van der Waals surface area contributed by atoms with Gasteiger partial charge in [-0.1, -0.05) is 23.5 Å². The molecular weight excluding hydrogens is 234 g/mol. The summed E-state index contributed by atoms with van der Waals surface area (Å²) < 4.78 is 4.52. The molecule has 0 bridgehead atoms. The van der Waals surface area contributed by atoms with Gasteiger partial charge in [0.1, 0.15) is 10.8 Å².